The third-order valence-electron chi connectivity index (χ3n) is 2.00. The van der Waals surface area contributed by atoms with Crippen LogP contribution in [0.1, 0.15) is 16.1 Å². The molecule has 0 spiro atoms. The number of halogens is 1. The molecule has 1 heterocycles. The summed E-state index contributed by atoms with van der Waals surface area (Å²) in [5.74, 6) is 0.0681. The average molecular weight is 266 g/mol. The number of carbonyl (C=O) groups is 1. The van der Waals surface area contributed by atoms with E-state index < -0.39 is 0 Å². The molecule has 0 saturated carbocycles. The molecule has 3 nitrogen and oxygen atoms in total. The van der Waals surface area contributed by atoms with Crippen LogP contribution in [0.15, 0.2) is 45.5 Å². The van der Waals surface area contributed by atoms with Gasteiger partial charge in [-0.25, -0.2) is 0 Å². The SMILES string of the molecule is Nc1ccccc1C(=O)c1ccc(Br)o1. The molecule has 2 N–H and O–H groups in total. The number of rotatable bonds is 2. The van der Waals surface area contributed by atoms with Crippen LogP contribution in [0.4, 0.5) is 5.69 Å². The van der Waals surface area contributed by atoms with Crippen LogP contribution in [0.2, 0.25) is 0 Å². The van der Waals surface area contributed by atoms with E-state index in [1.807, 2.05) is 0 Å². The van der Waals surface area contributed by atoms with Crippen LogP contribution in [0.5, 0.6) is 0 Å². The monoisotopic (exact) mass is 265 g/mol. The first-order chi connectivity index (χ1) is 7.18. The van der Waals surface area contributed by atoms with Crippen molar-refractivity contribution in [3.8, 4) is 0 Å². The van der Waals surface area contributed by atoms with Gasteiger partial charge in [-0.05, 0) is 40.2 Å². The quantitative estimate of drug-likeness (QED) is 0.671. The fourth-order valence-corrected chi connectivity index (χ4v) is 1.58. The normalized spacial score (nSPS) is 10.2. The summed E-state index contributed by atoms with van der Waals surface area (Å²) in [4.78, 5) is 11.9. The minimum absolute atomic E-state index is 0.209. The maximum absolute atomic E-state index is 11.9. The molecule has 4 heteroatoms. The zero-order chi connectivity index (χ0) is 10.8. The second kappa shape index (κ2) is 3.90. The standard InChI is InChI=1S/C11H8BrNO2/c12-10-6-5-9(15-10)11(14)7-3-1-2-4-8(7)13/h1-6H,13H2. The van der Waals surface area contributed by atoms with Gasteiger partial charge in [-0.2, -0.15) is 0 Å². The molecule has 1 aromatic carbocycles. The van der Waals surface area contributed by atoms with Gasteiger partial charge in [0.15, 0.2) is 10.4 Å². The summed E-state index contributed by atoms with van der Waals surface area (Å²) in [6.45, 7) is 0. The van der Waals surface area contributed by atoms with E-state index in [2.05, 4.69) is 15.9 Å². The summed E-state index contributed by atoms with van der Waals surface area (Å²) in [5, 5.41) is 0. The first-order valence-corrected chi connectivity index (χ1v) is 5.12. The number of carbonyl (C=O) groups excluding carboxylic acids is 1. The third kappa shape index (κ3) is 1.94. The largest absolute Gasteiger partial charge is 0.446 e. The molecule has 0 atom stereocenters. The van der Waals surface area contributed by atoms with Crippen molar-refractivity contribution in [2.24, 2.45) is 0 Å². The van der Waals surface area contributed by atoms with Crippen molar-refractivity contribution in [1.82, 2.24) is 0 Å². The van der Waals surface area contributed by atoms with E-state index in [-0.39, 0.29) is 11.5 Å². The molecular weight excluding hydrogens is 258 g/mol. The molecule has 0 amide bonds. The molecule has 15 heavy (non-hydrogen) atoms. The highest BCUT2D eigenvalue weighted by atomic mass is 79.9. The van der Waals surface area contributed by atoms with Gasteiger partial charge in [0.25, 0.3) is 0 Å². The van der Waals surface area contributed by atoms with Crippen LogP contribution in [0, 0.1) is 0 Å². The summed E-state index contributed by atoms with van der Waals surface area (Å²) < 4.78 is 5.69. The van der Waals surface area contributed by atoms with E-state index in [0.29, 0.717) is 15.9 Å². The number of nitrogen functional groups attached to an aromatic ring is 1. The van der Waals surface area contributed by atoms with Gasteiger partial charge in [0.2, 0.25) is 5.78 Å². The fourth-order valence-electron chi connectivity index (χ4n) is 1.27. The summed E-state index contributed by atoms with van der Waals surface area (Å²) >= 11 is 3.14. The molecule has 2 aromatic rings. The summed E-state index contributed by atoms with van der Waals surface area (Å²) in [7, 11) is 0. The van der Waals surface area contributed by atoms with Gasteiger partial charge in [-0.1, -0.05) is 12.1 Å². The molecule has 2 rings (SSSR count). The van der Waals surface area contributed by atoms with Gasteiger partial charge in [0.05, 0.1) is 0 Å². The molecule has 76 valence electrons. The lowest BCUT2D eigenvalue weighted by Gasteiger charge is -2.01. The van der Waals surface area contributed by atoms with E-state index in [9.17, 15) is 4.79 Å². The summed E-state index contributed by atoms with van der Waals surface area (Å²) in [6, 6.07) is 10.2. The maximum Gasteiger partial charge on any atom is 0.230 e. The molecular formula is C11H8BrNO2. The van der Waals surface area contributed by atoms with Gasteiger partial charge in [-0.15, -0.1) is 0 Å². The summed E-state index contributed by atoms with van der Waals surface area (Å²) in [6.07, 6.45) is 0. The van der Waals surface area contributed by atoms with E-state index in [0.717, 1.165) is 0 Å². The first-order valence-electron chi connectivity index (χ1n) is 4.33. The van der Waals surface area contributed by atoms with Gasteiger partial charge in [0.1, 0.15) is 0 Å². The van der Waals surface area contributed by atoms with Crippen molar-refractivity contribution in [2.45, 2.75) is 0 Å². The van der Waals surface area contributed by atoms with Crippen LogP contribution in [-0.4, -0.2) is 5.78 Å². The smallest absolute Gasteiger partial charge is 0.230 e. The number of para-hydroxylation sites is 1. The second-order valence-electron chi connectivity index (χ2n) is 3.02. The zero-order valence-corrected chi connectivity index (χ0v) is 9.32. The Morgan fingerprint density at radius 1 is 1.20 bits per heavy atom. The van der Waals surface area contributed by atoms with Gasteiger partial charge >= 0.3 is 0 Å². The lowest BCUT2D eigenvalue weighted by Crippen LogP contribution is -2.03. The lowest BCUT2D eigenvalue weighted by molar-refractivity contribution is 0.101. The van der Waals surface area contributed by atoms with Gasteiger partial charge in [0, 0.05) is 11.3 Å². The molecule has 0 saturated heterocycles. The van der Waals surface area contributed by atoms with E-state index in [1.54, 1.807) is 36.4 Å². The van der Waals surface area contributed by atoms with Crippen LogP contribution < -0.4 is 5.73 Å². The van der Waals surface area contributed by atoms with E-state index >= 15 is 0 Å². The average Bonchev–Trinajstić information content (AvgIpc) is 2.65. The number of ketones is 1. The van der Waals surface area contributed by atoms with Crippen LogP contribution in [-0.2, 0) is 0 Å². The Balaban J connectivity index is 2.41. The zero-order valence-electron chi connectivity index (χ0n) is 7.74. The van der Waals surface area contributed by atoms with E-state index in [4.69, 9.17) is 10.2 Å². The van der Waals surface area contributed by atoms with Crippen molar-refractivity contribution in [3.05, 3.63) is 52.4 Å². The van der Waals surface area contributed by atoms with Crippen molar-refractivity contribution in [3.63, 3.8) is 0 Å². The molecule has 1 aromatic heterocycles. The lowest BCUT2D eigenvalue weighted by atomic mass is 10.1. The molecule has 0 fully saturated rings. The maximum atomic E-state index is 11.9. The van der Waals surface area contributed by atoms with Crippen LogP contribution in [0.25, 0.3) is 0 Å². The Bertz CT molecular complexity index is 505. The Hall–Kier alpha value is -1.55. The van der Waals surface area contributed by atoms with Gasteiger partial charge in [-0.3, -0.25) is 4.79 Å². The highest BCUT2D eigenvalue weighted by Gasteiger charge is 2.15. The minimum atomic E-state index is -0.209. The predicted octanol–water partition coefficient (Wildman–Crippen LogP) is 2.86. The second-order valence-corrected chi connectivity index (χ2v) is 3.80. The number of furan rings is 1. The van der Waals surface area contributed by atoms with Gasteiger partial charge < -0.3 is 10.2 Å². The Labute approximate surface area is 95.0 Å². The number of anilines is 1. The Morgan fingerprint density at radius 3 is 2.53 bits per heavy atom. The van der Waals surface area contributed by atoms with Crippen LogP contribution in [0.3, 0.4) is 0 Å². The highest BCUT2D eigenvalue weighted by molar-refractivity contribution is 9.10. The van der Waals surface area contributed by atoms with Crippen molar-refractivity contribution >= 4 is 27.4 Å². The Kier molecular flexibility index (Phi) is 2.60. The highest BCUT2D eigenvalue weighted by Crippen LogP contribution is 2.20. The van der Waals surface area contributed by atoms with Crippen molar-refractivity contribution in [2.75, 3.05) is 5.73 Å². The first kappa shape index (κ1) is 9.98. The molecule has 0 radical (unpaired) electrons. The van der Waals surface area contributed by atoms with Crippen molar-refractivity contribution < 1.29 is 9.21 Å². The Morgan fingerprint density at radius 2 is 1.93 bits per heavy atom. The topological polar surface area (TPSA) is 56.2 Å². The molecule has 0 unspecified atom stereocenters. The fraction of sp³-hybridized carbons (Fsp3) is 0. The van der Waals surface area contributed by atoms with Crippen molar-refractivity contribution in [1.29, 1.82) is 0 Å². The van der Waals surface area contributed by atoms with E-state index in [1.165, 1.54) is 0 Å². The number of hydrogen-bond donors (Lipinski definition) is 1. The molecule has 0 aliphatic rings. The number of nitrogens with two attached hydrogens (primary N) is 1. The van der Waals surface area contributed by atoms with Crippen LogP contribution >= 0.6 is 15.9 Å². The predicted molar refractivity (Wildman–Crippen MR) is 60.7 cm³/mol. The molecule has 0 aliphatic heterocycles. The summed E-state index contributed by atoms with van der Waals surface area (Å²) in [5.41, 5.74) is 6.60. The third-order valence-corrected chi connectivity index (χ3v) is 2.43. The number of hydrogen-bond acceptors (Lipinski definition) is 3. The molecule has 0 bridgehead atoms. The minimum Gasteiger partial charge on any atom is -0.446 e. The molecule has 0 aliphatic carbocycles. The number of benzene rings is 1.